The van der Waals surface area contributed by atoms with Crippen molar-refractivity contribution in [3.63, 3.8) is 0 Å². The Kier molecular flexibility index (Phi) is 4.99. The molecule has 19 heavy (non-hydrogen) atoms. The zero-order valence-corrected chi connectivity index (χ0v) is 13.1. The van der Waals surface area contributed by atoms with Gasteiger partial charge in [0.25, 0.3) is 5.91 Å². The number of rotatable bonds is 3. The fraction of sp³-hybridized carbons (Fsp3) is 0.462. The minimum absolute atomic E-state index is 0.114. The van der Waals surface area contributed by atoms with Gasteiger partial charge in [-0.25, -0.2) is 0 Å². The highest BCUT2D eigenvalue weighted by molar-refractivity contribution is 9.10. The van der Waals surface area contributed by atoms with Crippen LogP contribution in [-0.2, 0) is 10.8 Å². The number of ether oxygens (including phenoxy) is 1. The van der Waals surface area contributed by atoms with Gasteiger partial charge >= 0.3 is 0 Å². The van der Waals surface area contributed by atoms with Gasteiger partial charge in [0.05, 0.1) is 12.7 Å². The van der Waals surface area contributed by atoms with Gasteiger partial charge in [0.15, 0.2) is 0 Å². The van der Waals surface area contributed by atoms with Gasteiger partial charge in [-0.15, -0.1) is 0 Å². The zero-order valence-electron chi connectivity index (χ0n) is 10.6. The van der Waals surface area contributed by atoms with E-state index in [1.54, 1.807) is 25.3 Å². The molecule has 1 aliphatic heterocycles. The van der Waals surface area contributed by atoms with Crippen LogP contribution in [0.4, 0.5) is 0 Å². The van der Waals surface area contributed by atoms with Crippen molar-refractivity contribution >= 4 is 32.6 Å². The molecule has 4 nitrogen and oxygen atoms in total. The van der Waals surface area contributed by atoms with E-state index >= 15 is 0 Å². The molecule has 6 heteroatoms. The first-order chi connectivity index (χ1) is 9.10. The lowest BCUT2D eigenvalue weighted by Gasteiger charge is -2.22. The monoisotopic (exact) mass is 345 g/mol. The van der Waals surface area contributed by atoms with Crippen molar-refractivity contribution in [2.24, 2.45) is 0 Å². The third-order valence-electron chi connectivity index (χ3n) is 3.14. The second kappa shape index (κ2) is 6.52. The molecule has 0 spiro atoms. The van der Waals surface area contributed by atoms with Crippen LogP contribution in [0.5, 0.6) is 5.75 Å². The Morgan fingerprint density at radius 1 is 1.42 bits per heavy atom. The Bertz CT molecular complexity index is 497. The number of methoxy groups -OCH3 is 1. The molecule has 1 fully saturated rings. The average molecular weight is 346 g/mol. The Balaban J connectivity index is 2.05. The smallest absolute Gasteiger partial charge is 0.252 e. The molecule has 104 valence electrons. The van der Waals surface area contributed by atoms with Gasteiger partial charge in [0.1, 0.15) is 5.75 Å². The highest BCUT2D eigenvalue weighted by atomic mass is 79.9. The Morgan fingerprint density at radius 2 is 2.11 bits per heavy atom. The zero-order chi connectivity index (χ0) is 13.8. The third kappa shape index (κ3) is 3.79. The summed E-state index contributed by atoms with van der Waals surface area (Å²) < 4.78 is 17.1. The van der Waals surface area contributed by atoms with Crippen molar-refractivity contribution in [1.29, 1.82) is 0 Å². The van der Waals surface area contributed by atoms with E-state index in [1.807, 2.05) is 0 Å². The van der Waals surface area contributed by atoms with E-state index in [9.17, 15) is 9.00 Å². The number of nitrogens with one attached hydrogen (secondary N) is 1. The first kappa shape index (κ1) is 14.5. The Labute approximate surface area is 123 Å². The second-order valence-electron chi connectivity index (χ2n) is 4.44. The van der Waals surface area contributed by atoms with Crippen molar-refractivity contribution in [3.05, 3.63) is 28.2 Å². The van der Waals surface area contributed by atoms with E-state index in [1.165, 1.54) is 0 Å². The first-order valence-corrected chi connectivity index (χ1v) is 8.37. The maximum Gasteiger partial charge on any atom is 0.252 e. The predicted octanol–water partition coefficient (Wildman–Crippen LogP) is 2.10. The summed E-state index contributed by atoms with van der Waals surface area (Å²) in [4.78, 5) is 12.2. The van der Waals surface area contributed by atoms with Gasteiger partial charge in [0, 0.05) is 32.8 Å². The molecule has 0 radical (unpaired) electrons. The van der Waals surface area contributed by atoms with Gasteiger partial charge in [0.2, 0.25) is 0 Å². The van der Waals surface area contributed by atoms with Crippen LogP contribution in [0.1, 0.15) is 23.2 Å². The van der Waals surface area contributed by atoms with E-state index in [0.29, 0.717) is 22.8 Å². The molecule has 0 aromatic heterocycles. The lowest BCUT2D eigenvalue weighted by molar-refractivity contribution is 0.0933. The molecule has 0 bridgehead atoms. The van der Waals surface area contributed by atoms with Gasteiger partial charge in [-0.05, 0) is 47.0 Å². The van der Waals surface area contributed by atoms with Crippen molar-refractivity contribution in [1.82, 2.24) is 5.32 Å². The standard InChI is InChI=1S/C13H16BrNO3S/c1-18-10-2-3-12(14)11(8-10)13(16)15-9-4-6-19(17)7-5-9/h2-3,8-9H,4-7H2,1H3,(H,15,16). The number of benzene rings is 1. The normalized spacial score (nSPS) is 22.8. The van der Waals surface area contributed by atoms with E-state index in [2.05, 4.69) is 21.2 Å². The third-order valence-corrected chi connectivity index (χ3v) is 5.21. The minimum atomic E-state index is -0.710. The quantitative estimate of drug-likeness (QED) is 0.912. The highest BCUT2D eigenvalue weighted by Gasteiger charge is 2.21. The average Bonchev–Trinajstić information content (AvgIpc) is 2.42. The first-order valence-electron chi connectivity index (χ1n) is 6.09. The highest BCUT2D eigenvalue weighted by Crippen LogP contribution is 2.23. The molecule has 1 aliphatic rings. The molecule has 2 rings (SSSR count). The van der Waals surface area contributed by atoms with E-state index in [-0.39, 0.29) is 11.9 Å². The van der Waals surface area contributed by atoms with Crippen LogP contribution in [0, 0.1) is 0 Å². The summed E-state index contributed by atoms with van der Waals surface area (Å²) in [5.41, 5.74) is 0.561. The van der Waals surface area contributed by atoms with Gasteiger partial charge < -0.3 is 10.1 Å². The summed E-state index contributed by atoms with van der Waals surface area (Å²) in [7, 11) is 0.861. The summed E-state index contributed by atoms with van der Waals surface area (Å²) in [6, 6.07) is 5.41. The van der Waals surface area contributed by atoms with E-state index in [4.69, 9.17) is 4.74 Å². The van der Waals surface area contributed by atoms with Crippen LogP contribution >= 0.6 is 15.9 Å². The summed E-state index contributed by atoms with van der Waals surface area (Å²) in [6.07, 6.45) is 1.56. The van der Waals surface area contributed by atoms with E-state index < -0.39 is 10.8 Å². The molecule has 1 aromatic carbocycles. The van der Waals surface area contributed by atoms with Crippen molar-refractivity contribution in [2.75, 3.05) is 18.6 Å². The topological polar surface area (TPSA) is 55.4 Å². The van der Waals surface area contributed by atoms with Crippen LogP contribution in [0.25, 0.3) is 0 Å². The fourth-order valence-corrected chi connectivity index (χ4v) is 3.73. The molecule has 1 saturated heterocycles. The minimum Gasteiger partial charge on any atom is -0.497 e. The van der Waals surface area contributed by atoms with E-state index in [0.717, 1.165) is 17.3 Å². The van der Waals surface area contributed by atoms with Gasteiger partial charge in [-0.1, -0.05) is 0 Å². The number of carbonyl (C=O) groups excluding carboxylic acids is 1. The van der Waals surface area contributed by atoms with Crippen LogP contribution in [0.2, 0.25) is 0 Å². The molecule has 0 atom stereocenters. The molecule has 1 aromatic rings. The van der Waals surface area contributed by atoms with Crippen LogP contribution in [0.15, 0.2) is 22.7 Å². The summed E-state index contributed by atoms with van der Waals surface area (Å²) >= 11 is 3.37. The molecule has 1 heterocycles. The maximum absolute atomic E-state index is 12.2. The molecule has 1 N–H and O–H groups in total. The fourth-order valence-electron chi connectivity index (χ4n) is 2.01. The van der Waals surface area contributed by atoms with Crippen LogP contribution in [0.3, 0.4) is 0 Å². The number of hydrogen-bond donors (Lipinski definition) is 1. The molecule has 0 saturated carbocycles. The van der Waals surface area contributed by atoms with Crippen molar-refractivity contribution in [3.8, 4) is 5.75 Å². The number of carbonyl (C=O) groups is 1. The maximum atomic E-state index is 12.2. The summed E-state index contributed by atoms with van der Waals surface area (Å²) in [5, 5.41) is 2.99. The van der Waals surface area contributed by atoms with Crippen molar-refractivity contribution in [2.45, 2.75) is 18.9 Å². The Morgan fingerprint density at radius 3 is 2.74 bits per heavy atom. The molecular weight excluding hydrogens is 330 g/mol. The van der Waals surface area contributed by atoms with Crippen LogP contribution < -0.4 is 10.1 Å². The molecule has 0 unspecified atom stereocenters. The number of halogens is 1. The van der Waals surface area contributed by atoms with Gasteiger partial charge in [-0.2, -0.15) is 0 Å². The van der Waals surface area contributed by atoms with Crippen molar-refractivity contribution < 1.29 is 13.7 Å². The second-order valence-corrected chi connectivity index (χ2v) is 6.99. The predicted molar refractivity (Wildman–Crippen MR) is 79.1 cm³/mol. The molecular formula is C13H16BrNO3S. The Hall–Kier alpha value is -0.880. The SMILES string of the molecule is COc1ccc(Br)c(C(=O)NC2CCS(=O)CC2)c1. The summed E-state index contributed by atoms with van der Waals surface area (Å²) in [5.74, 6) is 1.87. The lowest BCUT2D eigenvalue weighted by Crippen LogP contribution is -2.39. The number of hydrogen-bond acceptors (Lipinski definition) is 3. The van der Waals surface area contributed by atoms with Crippen LogP contribution in [-0.4, -0.2) is 34.8 Å². The largest absolute Gasteiger partial charge is 0.497 e. The lowest BCUT2D eigenvalue weighted by atomic mass is 10.1. The summed E-state index contributed by atoms with van der Waals surface area (Å²) in [6.45, 7) is 0. The molecule has 1 amide bonds. The van der Waals surface area contributed by atoms with Gasteiger partial charge in [-0.3, -0.25) is 9.00 Å². The molecule has 0 aliphatic carbocycles. The number of amides is 1.